The van der Waals surface area contributed by atoms with Gasteiger partial charge in [0.05, 0.1) is 0 Å². The monoisotopic (exact) mass is 236 g/mol. The molecule has 2 aromatic rings. The van der Waals surface area contributed by atoms with Crippen molar-refractivity contribution in [3.05, 3.63) is 28.3 Å². The van der Waals surface area contributed by atoms with Crippen LogP contribution in [0.25, 0.3) is 11.6 Å². The Morgan fingerprint density at radius 1 is 1.47 bits per heavy atom. The Balaban J connectivity index is 2.37. The molecule has 2 aromatic heterocycles. The Morgan fingerprint density at radius 3 is 2.88 bits per heavy atom. The Hall–Kier alpha value is -2.02. The van der Waals surface area contributed by atoms with Crippen LogP contribution in [-0.4, -0.2) is 27.0 Å². The second-order valence-electron chi connectivity index (χ2n) is 3.52. The van der Waals surface area contributed by atoms with Gasteiger partial charge in [-0.2, -0.15) is 10.1 Å². The lowest BCUT2D eigenvalue weighted by Gasteiger charge is -2.01. The van der Waals surface area contributed by atoms with Crippen molar-refractivity contribution in [3.8, 4) is 11.6 Å². The summed E-state index contributed by atoms with van der Waals surface area (Å²) in [5, 5.41) is 7.79. The van der Waals surface area contributed by atoms with Crippen molar-refractivity contribution in [2.45, 2.75) is 13.0 Å². The van der Waals surface area contributed by atoms with Gasteiger partial charge >= 0.3 is 0 Å². The van der Waals surface area contributed by atoms with Gasteiger partial charge < -0.3 is 9.26 Å². The molecule has 2 heterocycles. The molecule has 1 atom stereocenters. The van der Waals surface area contributed by atoms with Gasteiger partial charge in [0.2, 0.25) is 5.82 Å². The molecule has 0 bridgehead atoms. The smallest absolute Gasteiger partial charge is 0.278 e. The van der Waals surface area contributed by atoms with E-state index in [1.807, 2.05) is 6.92 Å². The zero-order valence-corrected chi connectivity index (χ0v) is 9.75. The molecule has 0 aliphatic rings. The third-order valence-electron chi connectivity index (χ3n) is 2.34. The van der Waals surface area contributed by atoms with E-state index in [-0.39, 0.29) is 17.6 Å². The number of ether oxygens (including phenoxy) is 1. The molecule has 0 radical (unpaired) electrons. The average molecular weight is 236 g/mol. The fourth-order valence-corrected chi connectivity index (χ4v) is 1.23. The molecule has 0 N–H and O–H groups in total. The van der Waals surface area contributed by atoms with Crippen molar-refractivity contribution in [1.29, 1.82) is 0 Å². The highest BCUT2D eigenvalue weighted by Gasteiger charge is 2.15. The summed E-state index contributed by atoms with van der Waals surface area (Å²) >= 11 is 0. The maximum atomic E-state index is 11.2. The topological polar surface area (TPSA) is 83.0 Å². The summed E-state index contributed by atoms with van der Waals surface area (Å²) in [6, 6.07) is 2.93. The summed E-state index contributed by atoms with van der Waals surface area (Å²) < 4.78 is 11.3. The number of aryl methyl sites for hydroxylation is 1. The van der Waals surface area contributed by atoms with E-state index in [1.165, 1.54) is 16.8 Å². The molecule has 0 fully saturated rings. The van der Waals surface area contributed by atoms with Crippen LogP contribution in [0, 0.1) is 0 Å². The van der Waals surface area contributed by atoms with E-state index in [9.17, 15) is 4.79 Å². The van der Waals surface area contributed by atoms with E-state index in [4.69, 9.17) is 9.26 Å². The van der Waals surface area contributed by atoms with Crippen LogP contribution < -0.4 is 5.56 Å². The number of hydrogen-bond acceptors (Lipinski definition) is 6. The van der Waals surface area contributed by atoms with Crippen LogP contribution >= 0.6 is 0 Å². The second-order valence-corrected chi connectivity index (χ2v) is 3.52. The van der Waals surface area contributed by atoms with E-state index >= 15 is 0 Å². The number of methoxy groups -OCH3 is 1. The van der Waals surface area contributed by atoms with Crippen molar-refractivity contribution in [3.63, 3.8) is 0 Å². The molecule has 17 heavy (non-hydrogen) atoms. The SMILES string of the molecule is COC(C)c1noc(-c2ccc(=O)n(C)n2)n1. The molecule has 0 amide bonds. The number of aromatic nitrogens is 4. The number of rotatable bonds is 3. The predicted octanol–water partition coefficient (Wildman–Crippen LogP) is 0.538. The molecular weight excluding hydrogens is 224 g/mol. The summed E-state index contributed by atoms with van der Waals surface area (Å²) in [6.45, 7) is 1.81. The van der Waals surface area contributed by atoms with Crippen LogP contribution in [0.15, 0.2) is 21.5 Å². The lowest BCUT2D eigenvalue weighted by Crippen LogP contribution is -2.18. The van der Waals surface area contributed by atoms with Gasteiger partial charge in [-0.1, -0.05) is 5.16 Å². The Bertz CT molecular complexity index is 575. The van der Waals surface area contributed by atoms with Crippen molar-refractivity contribution >= 4 is 0 Å². The predicted molar refractivity (Wildman–Crippen MR) is 58.2 cm³/mol. The van der Waals surface area contributed by atoms with E-state index in [0.29, 0.717) is 11.5 Å². The standard InChI is InChI=1S/C10H12N4O3/c1-6(16-3)9-11-10(17-13-9)7-4-5-8(15)14(2)12-7/h4-6H,1-3H3. The molecule has 7 heteroatoms. The summed E-state index contributed by atoms with van der Waals surface area (Å²) in [5.41, 5.74) is 0.257. The first-order valence-corrected chi connectivity index (χ1v) is 5.03. The molecule has 0 saturated heterocycles. The van der Waals surface area contributed by atoms with E-state index in [1.54, 1.807) is 14.2 Å². The van der Waals surface area contributed by atoms with Gasteiger partial charge in [0.25, 0.3) is 11.4 Å². The maximum Gasteiger partial charge on any atom is 0.278 e. The zero-order chi connectivity index (χ0) is 12.4. The average Bonchev–Trinajstić information content (AvgIpc) is 2.81. The molecule has 0 spiro atoms. The highest BCUT2D eigenvalue weighted by atomic mass is 16.5. The van der Waals surface area contributed by atoms with Crippen LogP contribution in [0.1, 0.15) is 18.9 Å². The van der Waals surface area contributed by atoms with E-state index < -0.39 is 0 Å². The maximum absolute atomic E-state index is 11.2. The molecule has 0 saturated carbocycles. The number of hydrogen-bond donors (Lipinski definition) is 0. The van der Waals surface area contributed by atoms with Gasteiger partial charge in [-0.25, -0.2) is 4.68 Å². The third kappa shape index (κ3) is 2.23. The fourth-order valence-electron chi connectivity index (χ4n) is 1.23. The van der Waals surface area contributed by atoms with Crippen molar-refractivity contribution in [2.24, 2.45) is 7.05 Å². The highest BCUT2D eigenvalue weighted by molar-refractivity contribution is 5.44. The van der Waals surface area contributed by atoms with Gasteiger partial charge in [-0.15, -0.1) is 0 Å². The molecule has 2 rings (SSSR count). The zero-order valence-electron chi connectivity index (χ0n) is 9.75. The summed E-state index contributed by atoms with van der Waals surface area (Å²) in [7, 11) is 3.12. The number of nitrogens with zero attached hydrogens (tertiary/aromatic N) is 4. The van der Waals surface area contributed by atoms with Gasteiger partial charge in [0.15, 0.2) is 0 Å². The summed E-state index contributed by atoms with van der Waals surface area (Å²) in [4.78, 5) is 15.3. The fraction of sp³-hybridized carbons (Fsp3) is 0.400. The Morgan fingerprint density at radius 2 is 2.24 bits per heavy atom. The Labute approximate surface area is 97.0 Å². The largest absolute Gasteiger partial charge is 0.374 e. The molecule has 7 nitrogen and oxygen atoms in total. The van der Waals surface area contributed by atoms with Crippen LogP contribution in [0.2, 0.25) is 0 Å². The first-order valence-electron chi connectivity index (χ1n) is 5.03. The molecule has 0 aliphatic carbocycles. The molecular formula is C10H12N4O3. The normalized spacial score (nSPS) is 12.6. The van der Waals surface area contributed by atoms with Crippen molar-refractivity contribution < 1.29 is 9.26 Å². The van der Waals surface area contributed by atoms with Crippen molar-refractivity contribution in [1.82, 2.24) is 19.9 Å². The Kier molecular flexibility index (Phi) is 3.01. The highest BCUT2D eigenvalue weighted by Crippen LogP contribution is 2.17. The van der Waals surface area contributed by atoms with Gasteiger partial charge in [0, 0.05) is 20.2 Å². The van der Waals surface area contributed by atoms with Crippen LogP contribution in [-0.2, 0) is 11.8 Å². The quantitative estimate of drug-likeness (QED) is 0.773. The molecule has 1 unspecified atom stereocenters. The third-order valence-corrected chi connectivity index (χ3v) is 2.34. The first kappa shape index (κ1) is 11.5. The van der Waals surface area contributed by atoms with Gasteiger partial charge in [-0.3, -0.25) is 4.79 Å². The minimum Gasteiger partial charge on any atom is -0.374 e. The van der Waals surface area contributed by atoms with Gasteiger partial charge in [-0.05, 0) is 13.0 Å². The minimum atomic E-state index is -0.250. The lowest BCUT2D eigenvalue weighted by atomic mass is 10.3. The minimum absolute atomic E-state index is 0.196. The molecule has 0 aliphatic heterocycles. The first-order chi connectivity index (χ1) is 8.11. The molecule has 90 valence electrons. The van der Waals surface area contributed by atoms with E-state index in [0.717, 1.165) is 0 Å². The van der Waals surface area contributed by atoms with Crippen LogP contribution in [0.5, 0.6) is 0 Å². The van der Waals surface area contributed by atoms with E-state index in [2.05, 4.69) is 15.2 Å². The molecule has 0 aromatic carbocycles. The van der Waals surface area contributed by atoms with Crippen LogP contribution in [0.4, 0.5) is 0 Å². The van der Waals surface area contributed by atoms with Gasteiger partial charge in [0.1, 0.15) is 11.8 Å². The second kappa shape index (κ2) is 4.46. The summed E-state index contributed by atoms with van der Waals surface area (Å²) in [6.07, 6.45) is -0.250. The van der Waals surface area contributed by atoms with Crippen molar-refractivity contribution in [2.75, 3.05) is 7.11 Å². The lowest BCUT2D eigenvalue weighted by molar-refractivity contribution is 0.109. The van der Waals surface area contributed by atoms with Crippen LogP contribution in [0.3, 0.4) is 0 Å². The summed E-state index contributed by atoms with van der Waals surface area (Å²) in [5.74, 6) is 0.706.